The van der Waals surface area contributed by atoms with Gasteiger partial charge in [-0.2, -0.15) is 4.72 Å². The summed E-state index contributed by atoms with van der Waals surface area (Å²) < 4.78 is 35.1. The molecule has 0 aliphatic heterocycles. The summed E-state index contributed by atoms with van der Waals surface area (Å²) in [5.74, 6) is -0.783. The van der Waals surface area contributed by atoms with E-state index in [0.717, 1.165) is 41.5 Å². The van der Waals surface area contributed by atoms with Gasteiger partial charge in [-0.3, -0.25) is 4.79 Å². The Morgan fingerprint density at radius 3 is 2.02 bits per heavy atom. The third-order valence-corrected chi connectivity index (χ3v) is 9.75. The Morgan fingerprint density at radius 1 is 0.767 bits per heavy atom. The van der Waals surface area contributed by atoms with Crippen molar-refractivity contribution in [2.45, 2.75) is 107 Å². The van der Waals surface area contributed by atoms with Gasteiger partial charge in [0.05, 0.1) is 11.5 Å². The largest absolute Gasteiger partial charge is 0.464 e. The van der Waals surface area contributed by atoms with Crippen LogP contribution in [0.3, 0.4) is 0 Å². The molecule has 0 unspecified atom stereocenters. The molecule has 0 fully saturated rings. The number of aliphatic hydroxyl groups excluding tert-OH is 1. The highest BCUT2D eigenvalue weighted by Crippen LogP contribution is 2.37. The molecule has 2 N–H and O–H groups in total. The minimum Gasteiger partial charge on any atom is -0.464 e. The summed E-state index contributed by atoms with van der Waals surface area (Å²) in [6.07, 6.45) is 13.7. The first kappa shape index (κ1) is 32.9. The number of carbonyl (C=O) groups excluding carboxylic acids is 1. The number of nitrogens with one attached hydrogen (secondary N) is 1. The van der Waals surface area contributed by atoms with Crippen LogP contribution in [0.1, 0.15) is 107 Å². The highest BCUT2D eigenvalue weighted by Gasteiger charge is 2.34. The number of benzene rings is 3. The fraction of sp³-hybridized carbons (Fsp3) is 0.472. The topological polar surface area (TPSA) is 92.7 Å². The van der Waals surface area contributed by atoms with Crippen LogP contribution in [0.15, 0.2) is 77.7 Å². The Morgan fingerprint density at radius 2 is 1.35 bits per heavy atom. The molecule has 43 heavy (non-hydrogen) atoms. The quantitative estimate of drug-likeness (QED) is 0.0838. The van der Waals surface area contributed by atoms with Gasteiger partial charge in [-0.25, -0.2) is 8.42 Å². The van der Waals surface area contributed by atoms with Gasteiger partial charge < -0.3 is 9.84 Å². The van der Waals surface area contributed by atoms with Crippen LogP contribution in [0.2, 0.25) is 0 Å². The summed E-state index contributed by atoms with van der Waals surface area (Å²) in [4.78, 5) is 13.3. The summed E-state index contributed by atoms with van der Waals surface area (Å²) in [5, 5.41) is 11.1. The van der Waals surface area contributed by atoms with Crippen LogP contribution in [0.4, 0.5) is 0 Å². The molecule has 0 bridgehead atoms. The maximum atomic E-state index is 13.6. The number of carbonyl (C=O) groups is 1. The van der Waals surface area contributed by atoms with Crippen LogP contribution < -0.4 is 4.72 Å². The van der Waals surface area contributed by atoms with Crippen molar-refractivity contribution in [2.75, 3.05) is 6.61 Å². The van der Waals surface area contributed by atoms with Crippen LogP contribution in [-0.2, 0) is 26.0 Å². The minimum absolute atomic E-state index is 0.0435. The number of aliphatic hydroxyl groups is 1. The van der Waals surface area contributed by atoms with Gasteiger partial charge in [-0.1, -0.05) is 138 Å². The van der Waals surface area contributed by atoms with E-state index in [2.05, 4.69) is 11.6 Å². The molecule has 0 radical (unpaired) electrons. The number of unbranched alkanes of at least 4 members (excludes halogenated alkanes) is 11. The van der Waals surface area contributed by atoms with E-state index in [-0.39, 0.29) is 11.5 Å². The van der Waals surface area contributed by atoms with E-state index in [1.807, 2.05) is 30.3 Å². The molecule has 0 saturated carbocycles. The number of esters is 1. The Labute approximate surface area is 257 Å². The Bertz CT molecular complexity index is 1410. The predicted molar refractivity (Wildman–Crippen MR) is 172 cm³/mol. The third kappa shape index (κ3) is 9.49. The third-order valence-electron chi connectivity index (χ3n) is 8.32. The van der Waals surface area contributed by atoms with Gasteiger partial charge in [-0.15, -0.1) is 0 Å². The molecule has 2 atom stereocenters. The molecule has 7 heteroatoms. The van der Waals surface area contributed by atoms with Crippen molar-refractivity contribution in [2.24, 2.45) is 0 Å². The van der Waals surface area contributed by atoms with E-state index >= 15 is 0 Å². The van der Waals surface area contributed by atoms with E-state index in [4.69, 9.17) is 4.74 Å². The average Bonchev–Trinajstić information content (AvgIpc) is 3.40. The molecule has 1 aliphatic carbocycles. The maximum absolute atomic E-state index is 13.6. The lowest BCUT2D eigenvalue weighted by Crippen LogP contribution is -2.46. The van der Waals surface area contributed by atoms with Crippen LogP contribution >= 0.6 is 0 Å². The molecule has 0 saturated heterocycles. The average molecular weight is 606 g/mol. The van der Waals surface area contributed by atoms with E-state index in [9.17, 15) is 18.3 Å². The maximum Gasteiger partial charge on any atom is 0.327 e. The standard InChI is InChI=1S/C36H47NO5S/c1-2-3-4-5-6-7-8-9-10-11-12-18-25-42-36(39)34(35(38)28-19-14-13-15-20-28)37-43(40,41)31-24-23-30-26-29-21-16-17-22-32(29)33(30)27-31/h13-17,19-24,27,34-35,37-38H,2-12,18,25-26H2,1H3/t34-,35+/m0/s1. The highest BCUT2D eigenvalue weighted by molar-refractivity contribution is 7.89. The second-order valence-electron chi connectivity index (χ2n) is 11.7. The minimum atomic E-state index is -4.15. The zero-order chi connectivity index (χ0) is 30.5. The SMILES string of the molecule is CCCCCCCCCCCCCCOC(=O)[C@@H](NS(=O)(=O)c1ccc2c(c1)-c1ccccc1C2)[C@H](O)c1ccccc1. The predicted octanol–water partition coefficient (Wildman–Crippen LogP) is 7.88. The van der Waals surface area contributed by atoms with Gasteiger partial charge in [0.25, 0.3) is 0 Å². The highest BCUT2D eigenvalue weighted by atomic mass is 32.2. The Hall–Kier alpha value is -3.00. The van der Waals surface area contributed by atoms with Crippen LogP contribution in [-0.4, -0.2) is 32.1 Å². The lowest BCUT2D eigenvalue weighted by Gasteiger charge is -2.23. The van der Waals surface area contributed by atoms with E-state index in [1.165, 1.54) is 57.8 Å². The number of sulfonamides is 1. The van der Waals surface area contributed by atoms with Crippen molar-refractivity contribution in [3.05, 3.63) is 89.5 Å². The van der Waals surface area contributed by atoms with Gasteiger partial charge in [0.1, 0.15) is 12.1 Å². The monoisotopic (exact) mass is 605 g/mol. The second-order valence-corrected chi connectivity index (χ2v) is 13.4. The molecule has 1 aliphatic rings. The van der Waals surface area contributed by atoms with E-state index in [0.29, 0.717) is 12.0 Å². The zero-order valence-electron chi connectivity index (χ0n) is 25.5. The summed E-state index contributed by atoms with van der Waals surface area (Å²) in [6, 6.07) is 20.1. The molecule has 0 aromatic heterocycles. The first-order chi connectivity index (χ1) is 20.9. The van der Waals surface area contributed by atoms with Crippen molar-refractivity contribution < 1.29 is 23.1 Å². The van der Waals surface area contributed by atoms with Crippen LogP contribution in [0, 0.1) is 0 Å². The molecule has 0 amide bonds. The van der Waals surface area contributed by atoms with Gasteiger partial charge in [0, 0.05) is 0 Å². The number of fused-ring (bicyclic) bond motifs is 3. The molecule has 232 valence electrons. The molecular formula is C36H47NO5S. The Balaban J connectivity index is 1.31. The number of hydrogen-bond donors (Lipinski definition) is 2. The zero-order valence-corrected chi connectivity index (χ0v) is 26.3. The normalized spacial score (nSPS) is 13.7. The fourth-order valence-corrected chi connectivity index (χ4v) is 7.01. The van der Waals surface area contributed by atoms with E-state index in [1.54, 1.807) is 42.5 Å². The summed E-state index contributed by atoms with van der Waals surface area (Å²) in [5.41, 5.74) is 4.52. The van der Waals surface area contributed by atoms with E-state index < -0.39 is 28.1 Å². The Kier molecular flexibility index (Phi) is 12.8. The summed E-state index contributed by atoms with van der Waals surface area (Å²) in [7, 11) is -4.15. The van der Waals surface area contributed by atoms with Gasteiger partial charge in [-0.05, 0) is 52.8 Å². The molecule has 3 aromatic rings. The number of ether oxygens (including phenoxy) is 1. The molecular weight excluding hydrogens is 558 g/mol. The fourth-order valence-electron chi connectivity index (χ4n) is 5.79. The second kappa shape index (κ2) is 16.7. The smallest absolute Gasteiger partial charge is 0.327 e. The number of rotatable bonds is 19. The lowest BCUT2D eigenvalue weighted by atomic mass is 10.0. The lowest BCUT2D eigenvalue weighted by molar-refractivity contribution is -0.148. The summed E-state index contributed by atoms with van der Waals surface area (Å²) in [6.45, 7) is 2.43. The van der Waals surface area contributed by atoms with Gasteiger partial charge >= 0.3 is 5.97 Å². The van der Waals surface area contributed by atoms with Crippen molar-refractivity contribution in [1.82, 2.24) is 4.72 Å². The molecule has 3 aromatic carbocycles. The van der Waals surface area contributed by atoms with Gasteiger partial charge in [0.15, 0.2) is 0 Å². The number of hydrogen-bond acceptors (Lipinski definition) is 5. The van der Waals surface area contributed by atoms with Crippen LogP contribution in [0.5, 0.6) is 0 Å². The first-order valence-corrected chi connectivity index (χ1v) is 17.5. The molecule has 0 spiro atoms. The molecule has 4 rings (SSSR count). The summed E-state index contributed by atoms with van der Waals surface area (Å²) >= 11 is 0. The molecule has 6 nitrogen and oxygen atoms in total. The van der Waals surface area contributed by atoms with Crippen molar-refractivity contribution >= 4 is 16.0 Å². The molecule has 0 heterocycles. The van der Waals surface area contributed by atoms with Crippen molar-refractivity contribution in [3.8, 4) is 11.1 Å². The van der Waals surface area contributed by atoms with Crippen LogP contribution in [0.25, 0.3) is 11.1 Å². The van der Waals surface area contributed by atoms with Gasteiger partial charge in [0.2, 0.25) is 10.0 Å². The van der Waals surface area contributed by atoms with Crippen molar-refractivity contribution in [3.63, 3.8) is 0 Å². The van der Waals surface area contributed by atoms with Crippen molar-refractivity contribution in [1.29, 1.82) is 0 Å². The first-order valence-electron chi connectivity index (χ1n) is 16.0.